The van der Waals surface area contributed by atoms with E-state index in [1.807, 2.05) is 0 Å². The Labute approximate surface area is 119 Å². The zero-order chi connectivity index (χ0) is 14.8. The molecule has 0 bridgehead atoms. The van der Waals surface area contributed by atoms with Gasteiger partial charge in [0, 0.05) is 24.0 Å². The van der Waals surface area contributed by atoms with Crippen molar-refractivity contribution in [2.75, 3.05) is 6.54 Å². The molecule has 20 heavy (non-hydrogen) atoms. The van der Waals surface area contributed by atoms with Crippen LogP contribution >= 0.6 is 17.0 Å². The van der Waals surface area contributed by atoms with Crippen molar-refractivity contribution in [2.24, 2.45) is 11.7 Å². The van der Waals surface area contributed by atoms with Crippen LogP contribution in [0.1, 0.15) is 12.8 Å². The molecule has 5 atom stereocenters. The van der Waals surface area contributed by atoms with Gasteiger partial charge in [0.05, 0.1) is 36.4 Å². The minimum Gasteiger partial charge on any atom is -0.375 e. The molecule has 0 radical (unpaired) electrons. The predicted octanol–water partition coefficient (Wildman–Crippen LogP) is -0.189. The molecule has 1 aromatic heterocycles. The van der Waals surface area contributed by atoms with Gasteiger partial charge in [-0.2, -0.15) is 0 Å². The van der Waals surface area contributed by atoms with E-state index in [-0.39, 0.29) is 30.4 Å². The van der Waals surface area contributed by atoms with Crippen molar-refractivity contribution in [3.8, 4) is 0 Å². The largest absolute Gasteiger partial charge is 0.375 e. The van der Waals surface area contributed by atoms with Gasteiger partial charge in [-0.3, -0.25) is 4.79 Å². The Morgan fingerprint density at radius 2 is 2.35 bits per heavy atom. The van der Waals surface area contributed by atoms with Gasteiger partial charge in [-0.15, -0.1) is 0 Å². The van der Waals surface area contributed by atoms with Gasteiger partial charge in [-0.05, 0) is 12.8 Å². The van der Waals surface area contributed by atoms with E-state index in [0.717, 1.165) is 0 Å². The third-order valence-corrected chi connectivity index (χ3v) is 7.34. The van der Waals surface area contributed by atoms with E-state index in [1.54, 1.807) is 17.0 Å². The molecule has 0 spiro atoms. The first-order chi connectivity index (χ1) is 9.51. The van der Waals surface area contributed by atoms with Gasteiger partial charge in [0.2, 0.25) is 0 Å². The summed E-state index contributed by atoms with van der Waals surface area (Å²) in [6, 6.07) is 0. The number of carbonyl (C=O) groups excluding carboxylic acids is 1. The third kappa shape index (κ3) is 3.08. The maximum Gasteiger partial charge on any atom is 0.166 e. The molecule has 0 saturated heterocycles. The van der Waals surface area contributed by atoms with Crippen LogP contribution in [0.3, 0.4) is 0 Å². The first kappa shape index (κ1) is 16.0. The Morgan fingerprint density at radius 1 is 1.60 bits per heavy atom. The van der Waals surface area contributed by atoms with Gasteiger partial charge in [0.25, 0.3) is 0 Å². The summed E-state index contributed by atoms with van der Waals surface area (Å²) >= 11 is 0. The predicted molar refractivity (Wildman–Crippen MR) is 77.4 cm³/mol. The maximum absolute atomic E-state index is 11.7. The smallest absolute Gasteiger partial charge is 0.166 e. The van der Waals surface area contributed by atoms with E-state index in [0.29, 0.717) is 12.8 Å². The van der Waals surface area contributed by atoms with Crippen LogP contribution in [-0.2, 0) is 11.3 Å². The second-order valence-corrected chi connectivity index (χ2v) is 8.49. The summed E-state index contributed by atoms with van der Waals surface area (Å²) in [6.45, 7) is 0.00981. The van der Waals surface area contributed by atoms with Crippen LogP contribution < -0.4 is 5.73 Å². The quantitative estimate of drug-likeness (QED) is 0.517. The van der Waals surface area contributed by atoms with Crippen LogP contribution in [0, 0.1) is 5.92 Å². The van der Waals surface area contributed by atoms with Crippen molar-refractivity contribution in [3.05, 3.63) is 18.7 Å². The van der Waals surface area contributed by atoms with Crippen LogP contribution in [-0.4, -0.2) is 47.5 Å². The molecule has 1 aliphatic carbocycles. The number of nitrogens with zero attached hydrogens (tertiary/aromatic N) is 2. The molecule has 1 heterocycles. The molecule has 1 fully saturated rings. The number of hydrogen-bond donors (Lipinski definition) is 4. The highest BCUT2D eigenvalue weighted by molar-refractivity contribution is 7.65. The van der Waals surface area contributed by atoms with E-state index in [1.165, 1.54) is 6.33 Å². The van der Waals surface area contributed by atoms with Crippen molar-refractivity contribution in [1.82, 2.24) is 9.55 Å². The minimum atomic E-state index is -1.89. The molecule has 1 aromatic rings. The fourth-order valence-corrected chi connectivity index (χ4v) is 5.44. The molecule has 112 valence electrons. The lowest BCUT2D eigenvalue weighted by Crippen LogP contribution is -2.43. The summed E-state index contributed by atoms with van der Waals surface area (Å²) in [7, 11) is -2.71. The zero-order valence-electron chi connectivity index (χ0n) is 10.9. The van der Waals surface area contributed by atoms with Crippen LogP contribution in [0.2, 0.25) is 0 Å². The average molecular weight is 319 g/mol. The molecular weight excluding hydrogens is 300 g/mol. The number of nitrogens with two attached hydrogens (primary N) is 1. The molecule has 2 rings (SSSR count). The molecular formula is C11H19N3O4P2. The topological polar surface area (TPSA) is 122 Å². The maximum atomic E-state index is 11.7. The van der Waals surface area contributed by atoms with Crippen molar-refractivity contribution >= 4 is 22.7 Å². The number of aromatic nitrogens is 2. The third-order valence-electron chi connectivity index (χ3n) is 3.69. The highest BCUT2D eigenvalue weighted by Gasteiger charge is 2.49. The second kappa shape index (κ2) is 6.56. The molecule has 9 heteroatoms. The average Bonchev–Trinajstić information content (AvgIpc) is 2.89. The molecule has 0 amide bonds. The Morgan fingerprint density at radius 3 is 2.80 bits per heavy atom. The Hall–Kier alpha value is -0.420. The molecule has 7 nitrogen and oxygen atoms in total. The van der Waals surface area contributed by atoms with E-state index in [9.17, 15) is 19.7 Å². The number of imidazole rings is 1. The summed E-state index contributed by atoms with van der Waals surface area (Å²) in [5.74, 6) is -0.379. The van der Waals surface area contributed by atoms with Gasteiger partial charge in [0.1, 0.15) is 5.78 Å². The Kier molecular flexibility index (Phi) is 5.24. The Bertz CT molecular complexity index is 459. The Balaban J connectivity index is 2.08. The van der Waals surface area contributed by atoms with Gasteiger partial charge in [-0.25, -0.2) is 4.98 Å². The number of Topliss-reactive ketones (excluding diaryl/α,β-unsaturated/α-hetero) is 1. The van der Waals surface area contributed by atoms with E-state index >= 15 is 0 Å². The first-order valence-electron chi connectivity index (χ1n) is 6.32. The fraction of sp³-hybridized carbons (Fsp3) is 0.636. The number of ketones is 1. The van der Waals surface area contributed by atoms with Crippen molar-refractivity contribution < 1.29 is 19.7 Å². The van der Waals surface area contributed by atoms with E-state index in [2.05, 4.69) is 4.98 Å². The van der Waals surface area contributed by atoms with E-state index in [4.69, 9.17) is 5.73 Å². The summed E-state index contributed by atoms with van der Waals surface area (Å²) in [5, 5.41) is 8.92. The summed E-state index contributed by atoms with van der Waals surface area (Å²) in [4.78, 5) is 35.5. The van der Waals surface area contributed by atoms with Gasteiger partial charge < -0.3 is 25.2 Å². The van der Waals surface area contributed by atoms with Gasteiger partial charge in [0.15, 0.2) is 5.08 Å². The molecule has 5 N–H and O–H groups in total. The number of hydrogen-bond acceptors (Lipinski definition) is 6. The summed E-state index contributed by atoms with van der Waals surface area (Å²) in [6.07, 6.45) is 6.09. The lowest BCUT2D eigenvalue weighted by Gasteiger charge is -2.44. The van der Waals surface area contributed by atoms with Crippen LogP contribution in [0.4, 0.5) is 0 Å². The molecule has 4 unspecified atom stereocenters. The van der Waals surface area contributed by atoms with Gasteiger partial charge >= 0.3 is 0 Å². The lowest BCUT2D eigenvalue weighted by molar-refractivity contribution is -0.123. The standard InChI is InChI=1S/C11H19N3O4P2/c12-5-9(15)8-1-2-10(8)20(18)11(16,19-17)6-14-4-3-13-7-14/h3-4,7-8,10,16-19H,1-2,5-6,12H2/t8?,10?,11?,20-/m1/s1. The number of carbonyl (C=O) groups is 1. The van der Waals surface area contributed by atoms with Crippen LogP contribution in [0.25, 0.3) is 0 Å². The summed E-state index contributed by atoms with van der Waals surface area (Å²) < 4.78 is 1.60. The lowest BCUT2D eigenvalue weighted by atomic mass is 9.81. The number of aliphatic hydroxyl groups is 1. The van der Waals surface area contributed by atoms with Gasteiger partial charge in [-0.1, -0.05) is 0 Å². The summed E-state index contributed by atoms with van der Waals surface area (Å²) in [5.41, 5.74) is 5.07. The zero-order valence-corrected chi connectivity index (χ0v) is 12.8. The van der Waals surface area contributed by atoms with Crippen molar-refractivity contribution in [1.29, 1.82) is 0 Å². The fourth-order valence-electron chi connectivity index (χ4n) is 2.37. The number of rotatable bonds is 7. The molecule has 0 aromatic carbocycles. The van der Waals surface area contributed by atoms with E-state index < -0.39 is 22.0 Å². The minimum absolute atomic E-state index is 0.0499. The monoisotopic (exact) mass is 319 g/mol. The normalized spacial score (nSPS) is 27.2. The first-order valence-corrected chi connectivity index (χ1v) is 8.63. The van der Waals surface area contributed by atoms with Crippen LogP contribution in [0.15, 0.2) is 18.7 Å². The second-order valence-electron chi connectivity index (χ2n) is 4.93. The highest BCUT2D eigenvalue weighted by Crippen LogP contribution is 2.63. The SMILES string of the molecule is NCC(=O)C1CCC1[P@@](O)C(O)(Cn1ccnc1)PO. The molecule has 1 saturated carbocycles. The van der Waals surface area contributed by atoms with Crippen molar-refractivity contribution in [3.63, 3.8) is 0 Å². The molecule has 0 aliphatic heterocycles. The molecule has 1 aliphatic rings. The van der Waals surface area contributed by atoms with Crippen molar-refractivity contribution in [2.45, 2.75) is 30.1 Å². The van der Waals surface area contributed by atoms with Crippen LogP contribution in [0.5, 0.6) is 0 Å². The highest BCUT2D eigenvalue weighted by atomic mass is 31.2.